The van der Waals surface area contributed by atoms with Crippen molar-refractivity contribution in [3.8, 4) is 0 Å². The van der Waals surface area contributed by atoms with E-state index in [1.54, 1.807) is 6.08 Å². The molecule has 0 aromatic heterocycles. The maximum atomic E-state index is 10.7. The Kier molecular flexibility index (Phi) is 3.02. The molecule has 3 rings (SSSR count). The molecule has 2 aliphatic rings. The van der Waals surface area contributed by atoms with Crippen molar-refractivity contribution in [2.24, 2.45) is 4.99 Å². The van der Waals surface area contributed by atoms with Gasteiger partial charge >= 0.3 is 0 Å². The first-order chi connectivity index (χ1) is 8.84. The molecule has 1 saturated heterocycles. The van der Waals surface area contributed by atoms with Gasteiger partial charge in [0.15, 0.2) is 0 Å². The van der Waals surface area contributed by atoms with Crippen LogP contribution >= 0.6 is 0 Å². The van der Waals surface area contributed by atoms with Crippen molar-refractivity contribution >= 4 is 6.08 Å². The summed E-state index contributed by atoms with van der Waals surface area (Å²) >= 11 is 0. The van der Waals surface area contributed by atoms with Gasteiger partial charge in [-0.25, -0.2) is 4.79 Å². The van der Waals surface area contributed by atoms with Gasteiger partial charge in [0.05, 0.1) is 18.8 Å². The molecule has 1 aliphatic heterocycles. The number of benzene rings is 1. The fraction of sp³-hybridized carbons (Fsp3) is 0.533. The molecule has 0 N–H and O–H groups in total. The fourth-order valence-corrected chi connectivity index (χ4v) is 3.01. The summed E-state index contributed by atoms with van der Waals surface area (Å²) in [4.78, 5) is 14.8. The summed E-state index contributed by atoms with van der Waals surface area (Å²) in [5.41, 5.74) is 2.19. The quantitative estimate of drug-likeness (QED) is 0.604. The lowest BCUT2D eigenvalue weighted by atomic mass is 9.87. The lowest BCUT2D eigenvalue weighted by Gasteiger charge is -2.28. The van der Waals surface area contributed by atoms with Crippen LogP contribution in [-0.4, -0.2) is 19.3 Å². The first-order valence-electron chi connectivity index (χ1n) is 6.61. The van der Waals surface area contributed by atoms with E-state index >= 15 is 0 Å². The van der Waals surface area contributed by atoms with Crippen molar-refractivity contribution in [1.29, 1.82) is 0 Å². The van der Waals surface area contributed by atoms with Crippen molar-refractivity contribution < 1.29 is 9.53 Å². The zero-order valence-electron chi connectivity index (χ0n) is 10.4. The van der Waals surface area contributed by atoms with Crippen molar-refractivity contribution in [2.75, 3.05) is 13.2 Å². The molecule has 1 aliphatic carbocycles. The van der Waals surface area contributed by atoms with E-state index in [-0.39, 0.29) is 5.54 Å². The second-order valence-electron chi connectivity index (χ2n) is 5.30. The summed E-state index contributed by atoms with van der Waals surface area (Å²) in [7, 11) is 0. The van der Waals surface area contributed by atoms with Crippen LogP contribution in [0.25, 0.3) is 0 Å². The Morgan fingerprint density at radius 1 is 1.17 bits per heavy atom. The molecule has 2 fully saturated rings. The molecule has 18 heavy (non-hydrogen) atoms. The first kappa shape index (κ1) is 11.6. The monoisotopic (exact) mass is 243 g/mol. The van der Waals surface area contributed by atoms with Crippen LogP contribution in [0.1, 0.15) is 42.7 Å². The first-order valence-corrected chi connectivity index (χ1v) is 6.61. The van der Waals surface area contributed by atoms with Gasteiger partial charge in [-0.2, -0.15) is 4.99 Å². The van der Waals surface area contributed by atoms with Crippen LogP contribution in [0.2, 0.25) is 0 Å². The average Bonchev–Trinajstić information content (AvgIpc) is 2.78. The summed E-state index contributed by atoms with van der Waals surface area (Å²) in [6.07, 6.45) is 5.98. The second kappa shape index (κ2) is 4.68. The molecule has 1 aromatic rings. The predicted molar refractivity (Wildman–Crippen MR) is 68.3 cm³/mol. The summed E-state index contributed by atoms with van der Waals surface area (Å²) in [5, 5.41) is 0. The Hall–Kier alpha value is -1.44. The maximum Gasteiger partial charge on any atom is 0.235 e. The smallest absolute Gasteiger partial charge is 0.235 e. The molecule has 3 heteroatoms. The van der Waals surface area contributed by atoms with Crippen molar-refractivity contribution in [3.05, 3.63) is 35.4 Å². The molecule has 0 radical (unpaired) electrons. The van der Waals surface area contributed by atoms with Crippen LogP contribution in [0, 0.1) is 0 Å². The number of isocyanates is 1. The van der Waals surface area contributed by atoms with E-state index in [1.165, 1.54) is 5.56 Å². The van der Waals surface area contributed by atoms with Crippen LogP contribution in [0.5, 0.6) is 0 Å². The SMILES string of the molecule is O=C=NC1(c2ccc(C3COC3)cc2)CCCC1. The Morgan fingerprint density at radius 3 is 2.33 bits per heavy atom. The molecule has 94 valence electrons. The van der Waals surface area contributed by atoms with Gasteiger partial charge in [0, 0.05) is 5.92 Å². The molecule has 0 spiro atoms. The van der Waals surface area contributed by atoms with Crippen LogP contribution in [-0.2, 0) is 15.1 Å². The van der Waals surface area contributed by atoms with Gasteiger partial charge in [0.1, 0.15) is 0 Å². The summed E-state index contributed by atoms with van der Waals surface area (Å²) in [5.74, 6) is 0.549. The molecule has 0 amide bonds. The standard InChI is InChI=1S/C15H17NO2/c17-11-16-15(7-1-2-8-15)14-5-3-12(4-6-14)13-9-18-10-13/h3-6,13H,1-2,7-10H2. The van der Waals surface area contributed by atoms with Gasteiger partial charge in [-0.1, -0.05) is 37.1 Å². The highest BCUT2D eigenvalue weighted by Crippen LogP contribution is 2.42. The third kappa shape index (κ3) is 1.90. The van der Waals surface area contributed by atoms with E-state index in [2.05, 4.69) is 29.3 Å². The number of hydrogen-bond acceptors (Lipinski definition) is 3. The Morgan fingerprint density at radius 2 is 1.83 bits per heavy atom. The Bertz CT molecular complexity index is 464. The zero-order valence-corrected chi connectivity index (χ0v) is 10.4. The highest BCUT2D eigenvalue weighted by atomic mass is 16.5. The largest absolute Gasteiger partial charge is 0.380 e. The number of hydrogen-bond donors (Lipinski definition) is 0. The lowest BCUT2D eigenvalue weighted by molar-refractivity contribution is 0.00841. The maximum absolute atomic E-state index is 10.7. The number of ether oxygens (including phenoxy) is 1. The van der Waals surface area contributed by atoms with E-state index in [4.69, 9.17) is 4.74 Å². The highest BCUT2D eigenvalue weighted by Gasteiger charge is 2.35. The van der Waals surface area contributed by atoms with Gasteiger partial charge in [-0.05, 0) is 24.0 Å². The molecule has 0 bridgehead atoms. The highest BCUT2D eigenvalue weighted by molar-refractivity contribution is 5.40. The lowest BCUT2D eigenvalue weighted by Crippen LogP contribution is -2.25. The van der Waals surface area contributed by atoms with Gasteiger partial charge in [0.2, 0.25) is 6.08 Å². The molecule has 1 aromatic carbocycles. The van der Waals surface area contributed by atoms with E-state index in [0.29, 0.717) is 5.92 Å². The van der Waals surface area contributed by atoms with Crippen molar-refractivity contribution in [1.82, 2.24) is 0 Å². The average molecular weight is 243 g/mol. The van der Waals surface area contributed by atoms with E-state index < -0.39 is 0 Å². The summed E-state index contributed by atoms with van der Waals surface area (Å²) in [6.45, 7) is 1.66. The molecule has 0 atom stereocenters. The summed E-state index contributed by atoms with van der Waals surface area (Å²) < 4.78 is 5.21. The minimum Gasteiger partial charge on any atom is -0.380 e. The van der Waals surface area contributed by atoms with Gasteiger partial charge in [-0.15, -0.1) is 0 Å². The molecular weight excluding hydrogens is 226 g/mol. The third-order valence-electron chi connectivity index (χ3n) is 4.25. The van der Waals surface area contributed by atoms with Crippen molar-refractivity contribution in [2.45, 2.75) is 37.1 Å². The van der Waals surface area contributed by atoms with Gasteiger partial charge in [-0.3, -0.25) is 0 Å². The number of carbonyl (C=O) groups excluding carboxylic acids is 1. The molecular formula is C15H17NO2. The Balaban J connectivity index is 1.88. The van der Waals surface area contributed by atoms with Crippen LogP contribution < -0.4 is 0 Å². The number of nitrogens with zero attached hydrogens (tertiary/aromatic N) is 1. The molecule has 0 unspecified atom stereocenters. The topological polar surface area (TPSA) is 38.7 Å². The van der Waals surface area contributed by atoms with Crippen LogP contribution in [0.4, 0.5) is 0 Å². The van der Waals surface area contributed by atoms with Crippen molar-refractivity contribution in [3.63, 3.8) is 0 Å². The molecule has 3 nitrogen and oxygen atoms in total. The molecule has 1 heterocycles. The van der Waals surface area contributed by atoms with E-state index in [0.717, 1.165) is 44.5 Å². The third-order valence-corrected chi connectivity index (χ3v) is 4.25. The van der Waals surface area contributed by atoms with Gasteiger partial charge in [0.25, 0.3) is 0 Å². The minimum absolute atomic E-state index is 0.295. The normalized spacial score (nSPS) is 22.2. The Labute approximate surface area is 107 Å². The number of rotatable bonds is 3. The van der Waals surface area contributed by atoms with Crippen LogP contribution in [0.15, 0.2) is 29.3 Å². The van der Waals surface area contributed by atoms with Crippen LogP contribution in [0.3, 0.4) is 0 Å². The second-order valence-corrected chi connectivity index (χ2v) is 5.30. The summed E-state index contributed by atoms with van der Waals surface area (Å²) in [6, 6.07) is 8.56. The zero-order chi connectivity index (χ0) is 12.4. The molecule has 1 saturated carbocycles. The van der Waals surface area contributed by atoms with Gasteiger partial charge < -0.3 is 4.74 Å². The van der Waals surface area contributed by atoms with E-state index in [1.807, 2.05) is 0 Å². The van der Waals surface area contributed by atoms with E-state index in [9.17, 15) is 4.79 Å². The fourth-order valence-electron chi connectivity index (χ4n) is 3.01. The number of aliphatic imine (C=N–C) groups is 1. The minimum atomic E-state index is -0.295. The predicted octanol–water partition coefficient (Wildman–Crippen LogP) is 2.91.